The van der Waals surface area contributed by atoms with Crippen LogP contribution in [-0.2, 0) is 16.1 Å². The summed E-state index contributed by atoms with van der Waals surface area (Å²) in [5.41, 5.74) is 2.03. The Morgan fingerprint density at radius 1 is 1.18 bits per heavy atom. The third-order valence-corrected chi connectivity index (χ3v) is 6.52. The first kappa shape index (κ1) is 22.9. The zero-order valence-electron chi connectivity index (χ0n) is 18.8. The number of imidazole rings is 1. The van der Waals surface area contributed by atoms with Gasteiger partial charge >= 0.3 is 0 Å². The minimum atomic E-state index is -1.22. The Bertz CT molecular complexity index is 1130. The lowest BCUT2D eigenvalue weighted by atomic mass is 10.1. The average molecular weight is 472 g/mol. The van der Waals surface area contributed by atoms with Crippen molar-refractivity contribution in [2.24, 2.45) is 0 Å². The van der Waals surface area contributed by atoms with E-state index in [1.807, 2.05) is 24.3 Å². The molecule has 2 fully saturated rings. The van der Waals surface area contributed by atoms with Gasteiger partial charge in [-0.1, -0.05) is 12.1 Å². The van der Waals surface area contributed by atoms with Crippen LogP contribution in [0.25, 0.3) is 11.2 Å². The predicted octanol–water partition coefficient (Wildman–Crippen LogP) is 0.996. The van der Waals surface area contributed by atoms with Crippen molar-refractivity contribution in [1.82, 2.24) is 19.5 Å². The lowest BCUT2D eigenvalue weighted by Crippen LogP contribution is -2.33. The Morgan fingerprint density at radius 2 is 2.06 bits per heavy atom. The van der Waals surface area contributed by atoms with Crippen LogP contribution in [0.5, 0.6) is 5.75 Å². The third kappa shape index (κ3) is 4.32. The summed E-state index contributed by atoms with van der Waals surface area (Å²) in [6, 6.07) is 7.89. The number of rotatable bonds is 8. The maximum Gasteiger partial charge on any atom is 0.167 e. The lowest BCUT2D eigenvalue weighted by Gasteiger charge is -2.22. The van der Waals surface area contributed by atoms with Gasteiger partial charge in [0.1, 0.15) is 30.4 Å². The molecule has 6 atom stereocenters. The first-order valence-corrected chi connectivity index (χ1v) is 11.4. The molecule has 1 saturated heterocycles. The SMILES string of the molecule is COc1cccc(CO[C@@H]2CCCC2Nc2ncnc3c2ncn3C2OC(CO)[C@@H](O)[C@H]2O)c1. The average Bonchev–Trinajstić information content (AvgIpc) is 3.56. The summed E-state index contributed by atoms with van der Waals surface area (Å²) in [5.74, 6) is 1.37. The molecule has 2 aromatic heterocycles. The summed E-state index contributed by atoms with van der Waals surface area (Å²) in [4.78, 5) is 13.1. The number of fused-ring (bicyclic) bond motifs is 1. The lowest BCUT2D eigenvalue weighted by molar-refractivity contribution is -0.0511. The predicted molar refractivity (Wildman–Crippen MR) is 121 cm³/mol. The molecule has 3 heterocycles. The molecule has 1 aliphatic heterocycles. The standard InChI is InChI=1S/C23H29N5O6/c1-32-14-5-2-4-13(8-14)10-33-16-7-3-6-15(16)27-21-18-22(25-11-24-21)28(12-26-18)23-20(31)19(30)17(9-29)34-23/h2,4-5,8,11-12,15-17,19-20,23,29-31H,3,6-7,9-10H2,1H3,(H,24,25,27)/t15?,16-,17?,19-,20-,23?/m1/s1. The van der Waals surface area contributed by atoms with Crippen molar-refractivity contribution in [2.45, 2.75) is 62.6 Å². The summed E-state index contributed by atoms with van der Waals surface area (Å²) >= 11 is 0. The molecule has 4 N–H and O–H groups in total. The summed E-state index contributed by atoms with van der Waals surface area (Å²) in [7, 11) is 1.65. The number of hydrogen-bond acceptors (Lipinski definition) is 10. The maximum atomic E-state index is 10.4. The number of methoxy groups -OCH3 is 1. The van der Waals surface area contributed by atoms with E-state index < -0.39 is 31.1 Å². The van der Waals surface area contributed by atoms with Crippen LogP contribution in [0, 0.1) is 0 Å². The molecule has 0 amide bonds. The van der Waals surface area contributed by atoms with Gasteiger partial charge in [-0.25, -0.2) is 15.0 Å². The van der Waals surface area contributed by atoms with Gasteiger partial charge in [-0.05, 0) is 37.0 Å². The summed E-state index contributed by atoms with van der Waals surface area (Å²) in [6.07, 6.45) is 1.63. The first-order chi connectivity index (χ1) is 16.6. The van der Waals surface area contributed by atoms with Crippen LogP contribution in [0.3, 0.4) is 0 Å². The highest BCUT2D eigenvalue weighted by Crippen LogP contribution is 2.33. The number of nitrogens with one attached hydrogen (secondary N) is 1. The number of benzene rings is 1. The van der Waals surface area contributed by atoms with E-state index in [9.17, 15) is 15.3 Å². The number of hydrogen-bond donors (Lipinski definition) is 4. The van der Waals surface area contributed by atoms with E-state index >= 15 is 0 Å². The largest absolute Gasteiger partial charge is 0.497 e. The monoisotopic (exact) mass is 471 g/mol. The van der Waals surface area contributed by atoms with Gasteiger partial charge in [0.05, 0.1) is 38.8 Å². The Balaban J connectivity index is 1.31. The fourth-order valence-corrected chi connectivity index (χ4v) is 4.69. The summed E-state index contributed by atoms with van der Waals surface area (Å²) in [5, 5.41) is 33.3. The molecule has 3 aromatic rings. The Labute approximate surface area is 196 Å². The minimum Gasteiger partial charge on any atom is -0.497 e. The molecule has 34 heavy (non-hydrogen) atoms. The van der Waals surface area contributed by atoms with Gasteiger partial charge in [-0.3, -0.25) is 4.57 Å². The number of aromatic nitrogens is 4. The second-order valence-corrected chi connectivity index (χ2v) is 8.66. The first-order valence-electron chi connectivity index (χ1n) is 11.4. The summed E-state index contributed by atoms with van der Waals surface area (Å²) in [6.45, 7) is 0.0844. The fourth-order valence-electron chi connectivity index (χ4n) is 4.69. The number of ether oxygens (including phenoxy) is 3. The Kier molecular flexibility index (Phi) is 6.61. The second kappa shape index (κ2) is 9.80. The molecule has 1 aromatic carbocycles. The van der Waals surface area contributed by atoms with Gasteiger partial charge in [-0.2, -0.15) is 0 Å². The molecule has 0 bridgehead atoms. The minimum absolute atomic E-state index is 0.0127. The molecule has 1 saturated carbocycles. The quantitative estimate of drug-likeness (QED) is 0.375. The van der Waals surface area contributed by atoms with E-state index in [2.05, 4.69) is 20.3 Å². The van der Waals surface area contributed by atoms with Gasteiger partial charge in [0, 0.05) is 0 Å². The third-order valence-electron chi connectivity index (χ3n) is 6.52. The molecule has 182 valence electrons. The molecule has 5 rings (SSSR count). The van der Waals surface area contributed by atoms with Crippen molar-refractivity contribution in [1.29, 1.82) is 0 Å². The molecule has 1 aliphatic carbocycles. The number of aliphatic hydroxyl groups is 3. The maximum absolute atomic E-state index is 10.4. The highest BCUT2D eigenvalue weighted by Gasteiger charge is 2.44. The normalized spacial score (nSPS) is 29.1. The molecular weight excluding hydrogens is 442 g/mol. The molecule has 11 heteroatoms. The van der Waals surface area contributed by atoms with Crippen molar-refractivity contribution in [3.8, 4) is 5.75 Å². The van der Waals surface area contributed by atoms with Gasteiger partial charge in [0.2, 0.25) is 0 Å². The van der Waals surface area contributed by atoms with Crippen molar-refractivity contribution >= 4 is 17.0 Å². The highest BCUT2D eigenvalue weighted by molar-refractivity contribution is 5.82. The molecule has 0 radical (unpaired) electrons. The van der Waals surface area contributed by atoms with Crippen LogP contribution in [0.1, 0.15) is 31.1 Å². The molecule has 0 spiro atoms. The van der Waals surface area contributed by atoms with Crippen LogP contribution in [0.15, 0.2) is 36.9 Å². The Morgan fingerprint density at radius 3 is 2.85 bits per heavy atom. The molecule has 2 aliphatic rings. The number of aliphatic hydroxyl groups excluding tert-OH is 3. The van der Waals surface area contributed by atoms with E-state index in [1.165, 1.54) is 12.7 Å². The van der Waals surface area contributed by atoms with Crippen molar-refractivity contribution in [2.75, 3.05) is 19.0 Å². The smallest absolute Gasteiger partial charge is 0.167 e. The van der Waals surface area contributed by atoms with Crippen molar-refractivity contribution in [3.63, 3.8) is 0 Å². The zero-order chi connectivity index (χ0) is 23.7. The van der Waals surface area contributed by atoms with Crippen LogP contribution in [-0.4, -0.2) is 79.0 Å². The second-order valence-electron chi connectivity index (χ2n) is 8.66. The van der Waals surface area contributed by atoms with Crippen LogP contribution >= 0.6 is 0 Å². The van der Waals surface area contributed by atoms with Gasteiger partial charge in [0.25, 0.3) is 0 Å². The van der Waals surface area contributed by atoms with Crippen LogP contribution in [0.2, 0.25) is 0 Å². The van der Waals surface area contributed by atoms with Crippen molar-refractivity contribution < 1.29 is 29.5 Å². The van der Waals surface area contributed by atoms with Gasteiger partial charge < -0.3 is 34.8 Å². The number of nitrogens with zero attached hydrogens (tertiary/aromatic N) is 4. The van der Waals surface area contributed by atoms with Gasteiger partial charge in [0.15, 0.2) is 23.2 Å². The van der Waals surface area contributed by atoms with Crippen LogP contribution < -0.4 is 10.1 Å². The van der Waals surface area contributed by atoms with E-state index in [0.717, 1.165) is 30.6 Å². The van der Waals surface area contributed by atoms with E-state index in [1.54, 1.807) is 11.7 Å². The highest BCUT2D eigenvalue weighted by atomic mass is 16.6. The van der Waals surface area contributed by atoms with Crippen molar-refractivity contribution in [3.05, 3.63) is 42.5 Å². The summed E-state index contributed by atoms with van der Waals surface area (Å²) < 4.78 is 18.7. The Hall–Kier alpha value is -2.83. The van der Waals surface area contributed by atoms with E-state index in [4.69, 9.17) is 14.2 Å². The van der Waals surface area contributed by atoms with Crippen LogP contribution in [0.4, 0.5) is 5.82 Å². The van der Waals surface area contributed by atoms with E-state index in [-0.39, 0.29) is 12.1 Å². The van der Waals surface area contributed by atoms with Gasteiger partial charge in [-0.15, -0.1) is 0 Å². The molecule has 3 unspecified atom stereocenters. The zero-order valence-corrected chi connectivity index (χ0v) is 18.8. The topological polar surface area (TPSA) is 144 Å². The number of anilines is 1. The van der Waals surface area contributed by atoms with E-state index in [0.29, 0.717) is 23.6 Å². The fraction of sp³-hybridized carbons (Fsp3) is 0.522. The molecule has 11 nitrogen and oxygen atoms in total. The molecular formula is C23H29N5O6.